The van der Waals surface area contributed by atoms with E-state index < -0.39 is 0 Å². The minimum atomic E-state index is 0. The lowest BCUT2D eigenvalue weighted by Crippen LogP contribution is -2.45. The zero-order valence-electron chi connectivity index (χ0n) is 17.2. The maximum absolute atomic E-state index is 5.90. The zero-order valence-corrected chi connectivity index (χ0v) is 19.5. The van der Waals surface area contributed by atoms with Crippen molar-refractivity contribution in [2.45, 2.75) is 52.7 Å². The number of hydrogen-bond donors (Lipinski definition) is 2. The lowest BCUT2D eigenvalue weighted by molar-refractivity contribution is 0.0347. The first-order valence-corrected chi connectivity index (χ1v) is 9.76. The van der Waals surface area contributed by atoms with E-state index >= 15 is 0 Å². The molecule has 0 radical (unpaired) electrons. The van der Waals surface area contributed by atoms with Gasteiger partial charge in [0.1, 0.15) is 0 Å². The van der Waals surface area contributed by atoms with E-state index in [4.69, 9.17) is 14.5 Å². The fourth-order valence-corrected chi connectivity index (χ4v) is 3.02. The Morgan fingerprint density at radius 2 is 2.07 bits per heavy atom. The van der Waals surface area contributed by atoms with Crippen molar-refractivity contribution in [2.75, 3.05) is 32.9 Å². The number of hydrogen-bond acceptors (Lipinski definition) is 3. The van der Waals surface area contributed by atoms with Gasteiger partial charge in [-0.05, 0) is 37.7 Å². The number of halogens is 1. The number of ether oxygens (including phenoxy) is 2. The lowest BCUT2D eigenvalue weighted by Gasteiger charge is -2.24. The highest BCUT2D eigenvalue weighted by molar-refractivity contribution is 14.0. The summed E-state index contributed by atoms with van der Waals surface area (Å²) in [4.78, 5) is 4.82. The zero-order chi connectivity index (χ0) is 18.8. The van der Waals surface area contributed by atoms with Gasteiger partial charge in [-0.2, -0.15) is 0 Å². The quantitative estimate of drug-likeness (QED) is 0.316. The lowest BCUT2D eigenvalue weighted by atomic mass is 9.86. The molecule has 0 bridgehead atoms. The molecule has 2 rings (SSSR count). The van der Waals surface area contributed by atoms with Crippen molar-refractivity contribution in [3.05, 3.63) is 35.9 Å². The first-order chi connectivity index (χ1) is 12.5. The molecule has 1 aromatic carbocycles. The Bertz CT molecular complexity index is 546. The van der Waals surface area contributed by atoms with Gasteiger partial charge in [0.15, 0.2) is 5.96 Å². The van der Waals surface area contributed by atoms with Crippen LogP contribution in [-0.2, 0) is 15.9 Å². The van der Waals surface area contributed by atoms with Gasteiger partial charge in [-0.1, -0.05) is 44.2 Å². The molecule has 1 fully saturated rings. The predicted octanol–water partition coefficient (Wildman–Crippen LogP) is 3.62. The molecule has 1 saturated heterocycles. The third-order valence-electron chi connectivity index (χ3n) is 4.39. The van der Waals surface area contributed by atoms with Crippen molar-refractivity contribution in [1.29, 1.82) is 0 Å². The molecule has 0 amide bonds. The van der Waals surface area contributed by atoms with Gasteiger partial charge in [-0.15, -0.1) is 24.0 Å². The highest BCUT2D eigenvalue weighted by Crippen LogP contribution is 2.22. The first kappa shape index (κ1) is 24.2. The number of guanidine groups is 1. The summed E-state index contributed by atoms with van der Waals surface area (Å²) in [5, 5.41) is 6.79. The van der Waals surface area contributed by atoms with Gasteiger partial charge in [0.25, 0.3) is 0 Å². The first-order valence-electron chi connectivity index (χ1n) is 9.76. The van der Waals surface area contributed by atoms with Crippen LogP contribution in [0.1, 0.15) is 39.7 Å². The number of rotatable bonds is 9. The summed E-state index contributed by atoms with van der Waals surface area (Å²) in [5.74, 6) is 0.854. The van der Waals surface area contributed by atoms with Crippen LogP contribution in [0.5, 0.6) is 0 Å². The number of nitrogens with zero attached hydrogens (tertiary/aromatic N) is 1. The van der Waals surface area contributed by atoms with E-state index in [2.05, 4.69) is 68.7 Å². The molecule has 1 aliphatic rings. The van der Waals surface area contributed by atoms with Crippen LogP contribution < -0.4 is 10.6 Å². The van der Waals surface area contributed by atoms with Crippen molar-refractivity contribution in [2.24, 2.45) is 10.4 Å². The maximum Gasteiger partial charge on any atom is 0.191 e. The Kier molecular flexibility index (Phi) is 11.3. The van der Waals surface area contributed by atoms with Gasteiger partial charge >= 0.3 is 0 Å². The summed E-state index contributed by atoms with van der Waals surface area (Å²) < 4.78 is 11.3. The summed E-state index contributed by atoms with van der Waals surface area (Å²) in [5.41, 5.74) is 1.45. The van der Waals surface area contributed by atoms with E-state index in [0.29, 0.717) is 13.2 Å². The van der Waals surface area contributed by atoms with Crippen LogP contribution in [0, 0.1) is 5.41 Å². The Morgan fingerprint density at radius 1 is 1.33 bits per heavy atom. The van der Waals surface area contributed by atoms with Crippen LogP contribution in [0.3, 0.4) is 0 Å². The van der Waals surface area contributed by atoms with E-state index in [9.17, 15) is 0 Å². The van der Waals surface area contributed by atoms with E-state index in [1.807, 2.05) is 0 Å². The molecule has 0 aromatic heterocycles. The minimum absolute atomic E-state index is 0. The number of nitrogens with one attached hydrogen (secondary N) is 2. The highest BCUT2D eigenvalue weighted by atomic mass is 127. The number of aliphatic imine (C=N–C) groups is 1. The molecule has 0 aliphatic carbocycles. The Hall–Kier alpha value is -0.860. The summed E-state index contributed by atoms with van der Waals surface area (Å²) in [6.45, 7) is 12.5. The fraction of sp³-hybridized carbons (Fsp3) is 0.667. The van der Waals surface area contributed by atoms with Gasteiger partial charge in [0, 0.05) is 25.7 Å². The minimum Gasteiger partial charge on any atom is -0.379 e. The monoisotopic (exact) mass is 489 g/mol. The Labute approximate surface area is 181 Å². The van der Waals surface area contributed by atoms with Crippen LogP contribution in [0.2, 0.25) is 0 Å². The van der Waals surface area contributed by atoms with Crippen molar-refractivity contribution in [1.82, 2.24) is 10.6 Å². The van der Waals surface area contributed by atoms with Crippen molar-refractivity contribution < 1.29 is 9.47 Å². The Morgan fingerprint density at radius 3 is 2.70 bits per heavy atom. The van der Waals surface area contributed by atoms with Gasteiger partial charge in [0.05, 0.1) is 19.3 Å². The second-order valence-electron chi connectivity index (χ2n) is 7.89. The Balaban J connectivity index is 0.00000364. The van der Waals surface area contributed by atoms with Crippen LogP contribution >= 0.6 is 24.0 Å². The molecule has 1 aromatic rings. The highest BCUT2D eigenvalue weighted by Gasteiger charge is 2.20. The van der Waals surface area contributed by atoms with Crippen molar-refractivity contribution in [3.8, 4) is 0 Å². The molecule has 6 heteroatoms. The van der Waals surface area contributed by atoms with E-state index in [1.54, 1.807) is 0 Å². The molecule has 2 N–H and O–H groups in total. The van der Waals surface area contributed by atoms with E-state index in [0.717, 1.165) is 38.5 Å². The second-order valence-corrected chi connectivity index (χ2v) is 7.89. The van der Waals surface area contributed by atoms with Crippen LogP contribution in [0.15, 0.2) is 35.3 Å². The molecule has 154 valence electrons. The van der Waals surface area contributed by atoms with E-state index in [1.165, 1.54) is 5.56 Å². The largest absolute Gasteiger partial charge is 0.379 e. The molecule has 0 saturated carbocycles. The standard InChI is InChI=1S/C21H35N3O2.HI/c1-5-22-20(24-17(2)14-26-19-11-12-25-15-19)23-16-21(3,4)13-18-9-7-6-8-10-18;/h6-10,17,19H,5,11-16H2,1-4H3,(H2,22,23,24);1H. The van der Waals surface area contributed by atoms with Crippen LogP contribution in [-0.4, -0.2) is 51.0 Å². The molecule has 2 unspecified atom stereocenters. The molecule has 0 spiro atoms. The fourth-order valence-electron chi connectivity index (χ4n) is 3.02. The van der Waals surface area contributed by atoms with Crippen molar-refractivity contribution >= 4 is 29.9 Å². The summed E-state index contributed by atoms with van der Waals surface area (Å²) >= 11 is 0. The third-order valence-corrected chi connectivity index (χ3v) is 4.39. The summed E-state index contributed by atoms with van der Waals surface area (Å²) in [7, 11) is 0. The third kappa shape index (κ3) is 9.76. The van der Waals surface area contributed by atoms with Crippen LogP contribution in [0.25, 0.3) is 0 Å². The number of benzene rings is 1. The normalized spacial score (nSPS) is 18.7. The van der Waals surface area contributed by atoms with Gasteiger partial charge in [-0.25, -0.2) is 0 Å². The molecule has 5 nitrogen and oxygen atoms in total. The molecule has 2 atom stereocenters. The predicted molar refractivity (Wildman–Crippen MR) is 123 cm³/mol. The summed E-state index contributed by atoms with van der Waals surface area (Å²) in [6, 6.07) is 10.8. The van der Waals surface area contributed by atoms with Crippen LogP contribution in [0.4, 0.5) is 0 Å². The molecule has 1 heterocycles. The second kappa shape index (κ2) is 12.6. The van der Waals surface area contributed by atoms with Gasteiger partial charge < -0.3 is 20.1 Å². The molecule has 27 heavy (non-hydrogen) atoms. The molecule has 1 aliphatic heterocycles. The van der Waals surface area contributed by atoms with Crippen molar-refractivity contribution in [3.63, 3.8) is 0 Å². The van der Waals surface area contributed by atoms with Gasteiger partial charge in [-0.3, -0.25) is 4.99 Å². The average molecular weight is 489 g/mol. The molecular weight excluding hydrogens is 453 g/mol. The molecular formula is C21H36IN3O2. The SMILES string of the molecule is CCNC(=NCC(C)(C)Cc1ccccc1)NC(C)COC1CCOC1.I. The maximum atomic E-state index is 5.90. The summed E-state index contributed by atoms with van der Waals surface area (Å²) in [6.07, 6.45) is 2.25. The average Bonchev–Trinajstić information content (AvgIpc) is 3.12. The van der Waals surface area contributed by atoms with E-state index in [-0.39, 0.29) is 41.5 Å². The topological polar surface area (TPSA) is 54.9 Å². The van der Waals surface area contributed by atoms with Gasteiger partial charge in [0.2, 0.25) is 0 Å². The smallest absolute Gasteiger partial charge is 0.191 e.